The van der Waals surface area contributed by atoms with Gasteiger partial charge in [-0.2, -0.15) is 0 Å². The quantitative estimate of drug-likeness (QED) is 0.786. The summed E-state index contributed by atoms with van der Waals surface area (Å²) in [5, 5.41) is 3.28. The van der Waals surface area contributed by atoms with Gasteiger partial charge in [-0.1, -0.05) is 13.8 Å². The van der Waals surface area contributed by atoms with Crippen LogP contribution in [0.1, 0.15) is 45.3 Å². The summed E-state index contributed by atoms with van der Waals surface area (Å²) in [6.07, 6.45) is -0.0388. The number of hydrogen-bond acceptors (Lipinski definition) is 4. The molecule has 0 aliphatic rings. The van der Waals surface area contributed by atoms with Crippen LogP contribution in [0.5, 0.6) is 0 Å². The fourth-order valence-electron chi connectivity index (χ4n) is 1.74. The highest BCUT2D eigenvalue weighted by Gasteiger charge is 2.21. The summed E-state index contributed by atoms with van der Waals surface area (Å²) < 4.78 is 6.84. The van der Waals surface area contributed by atoms with E-state index >= 15 is 0 Å². The second-order valence-corrected chi connectivity index (χ2v) is 5.56. The Kier molecular flexibility index (Phi) is 6.28. The van der Waals surface area contributed by atoms with Crippen LogP contribution in [0.2, 0.25) is 0 Å². The van der Waals surface area contributed by atoms with Gasteiger partial charge in [0.1, 0.15) is 11.9 Å². The Morgan fingerprint density at radius 2 is 1.94 bits per heavy atom. The average molecular weight is 363 g/mol. The lowest BCUT2D eigenvalue weighted by Crippen LogP contribution is -2.17. The molecule has 0 bridgehead atoms. The minimum absolute atomic E-state index is 0.0388. The van der Waals surface area contributed by atoms with Gasteiger partial charge >= 0.3 is 0 Å². The molecule has 1 atom stereocenters. The Labute approximate surface area is 123 Å². The van der Waals surface area contributed by atoms with E-state index in [0.717, 1.165) is 27.5 Å². The number of anilines is 1. The molecular formula is C13H22IN3O. The Balaban J connectivity index is 3.14. The number of rotatable bonds is 6. The van der Waals surface area contributed by atoms with Gasteiger partial charge in [-0.25, -0.2) is 9.97 Å². The maximum Gasteiger partial charge on any atom is 0.160 e. The second kappa shape index (κ2) is 7.23. The van der Waals surface area contributed by atoms with Crippen LogP contribution in [0.25, 0.3) is 0 Å². The summed E-state index contributed by atoms with van der Waals surface area (Å²) in [7, 11) is 0. The van der Waals surface area contributed by atoms with E-state index in [4.69, 9.17) is 4.74 Å². The molecule has 0 aromatic carbocycles. The zero-order valence-corrected chi connectivity index (χ0v) is 13.9. The second-order valence-electron chi connectivity index (χ2n) is 4.48. The van der Waals surface area contributed by atoms with Crippen LogP contribution in [0.4, 0.5) is 5.82 Å². The van der Waals surface area contributed by atoms with Crippen LogP contribution in [0.3, 0.4) is 0 Å². The normalized spacial score (nSPS) is 12.8. The molecule has 0 spiro atoms. The number of nitrogens with one attached hydrogen (secondary N) is 1. The fourth-order valence-corrected chi connectivity index (χ4v) is 2.17. The standard InChI is InChI=1S/C13H22IN3O/c1-6-15-12-10(14)9(5)16-13(17-12)11(8(3)4)18-7-2/h8,11H,6-7H2,1-5H3,(H,15,16,17). The molecule has 18 heavy (non-hydrogen) atoms. The summed E-state index contributed by atoms with van der Waals surface area (Å²) in [6.45, 7) is 11.9. The van der Waals surface area contributed by atoms with E-state index in [-0.39, 0.29) is 6.10 Å². The Bertz CT molecular complexity index is 396. The van der Waals surface area contributed by atoms with Crippen molar-refractivity contribution in [3.05, 3.63) is 15.1 Å². The van der Waals surface area contributed by atoms with Crippen molar-refractivity contribution in [1.29, 1.82) is 0 Å². The summed E-state index contributed by atoms with van der Waals surface area (Å²) in [5.41, 5.74) is 1.00. The van der Waals surface area contributed by atoms with E-state index in [2.05, 4.69) is 58.6 Å². The number of nitrogens with zero attached hydrogens (tertiary/aromatic N) is 2. The van der Waals surface area contributed by atoms with Gasteiger partial charge in [0.05, 0.1) is 9.26 Å². The van der Waals surface area contributed by atoms with Gasteiger partial charge in [0.2, 0.25) is 0 Å². The minimum atomic E-state index is -0.0388. The van der Waals surface area contributed by atoms with Crippen LogP contribution in [-0.4, -0.2) is 23.1 Å². The molecule has 102 valence electrons. The molecule has 1 rings (SSSR count). The lowest BCUT2D eigenvalue weighted by atomic mass is 10.1. The summed E-state index contributed by atoms with van der Waals surface area (Å²) in [6, 6.07) is 0. The lowest BCUT2D eigenvalue weighted by molar-refractivity contribution is 0.0231. The highest BCUT2D eigenvalue weighted by molar-refractivity contribution is 14.1. The molecule has 0 radical (unpaired) electrons. The van der Waals surface area contributed by atoms with Gasteiger partial charge in [0.25, 0.3) is 0 Å². The average Bonchev–Trinajstić information content (AvgIpc) is 2.31. The predicted molar refractivity (Wildman–Crippen MR) is 82.9 cm³/mol. The van der Waals surface area contributed by atoms with E-state index < -0.39 is 0 Å². The molecule has 1 N–H and O–H groups in total. The topological polar surface area (TPSA) is 47.0 Å². The third-order valence-electron chi connectivity index (χ3n) is 2.58. The smallest absolute Gasteiger partial charge is 0.160 e. The first kappa shape index (κ1) is 15.6. The molecule has 0 saturated heterocycles. The number of halogens is 1. The summed E-state index contributed by atoms with van der Waals surface area (Å²) >= 11 is 2.28. The van der Waals surface area contributed by atoms with Crippen LogP contribution >= 0.6 is 22.6 Å². The molecule has 0 saturated carbocycles. The van der Waals surface area contributed by atoms with Crippen LogP contribution in [0.15, 0.2) is 0 Å². The largest absolute Gasteiger partial charge is 0.370 e. The first-order chi connectivity index (χ1) is 8.51. The van der Waals surface area contributed by atoms with Gasteiger partial charge < -0.3 is 10.1 Å². The van der Waals surface area contributed by atoms with Crippen LogP contribution < -0.4 is 5.32 Å². The maximum absolute atomic E-state index is 5.76. The highest BCUT2D eigenvalue weighted by Crippen LogP contribution is 2.26. The van der Waals surface area contributed by atoms with Crippen molar-refractivity contribution in [1.82, 2.24) is 9.97 Å². The fraction of sp³-hybridized carbons (Fsp3) is 0.692. The van der Waals surface area contributed by atoms with Crippen LogP contribution in [-0.2, 0) is 4.74 Å². The van der Waals surface area contributed by atoms with E-state index in [0.29, 0.717) is 12.5 Å². The third kappa shape index (κ3) is 3.78. The zero-order valence-electron chi connectivity index (χ0n) is 11.7. The van der Waals surface area contributed by atoms with Crippen molar-refractivity contribution in [2.75, 3.05) is 18.5 Å². The SMILES string of the molecule is CCNc1nc(C(OCC)C(C)C)nc(C)c1I. The highest BCUT2D eigenvalue weighted by atomic mass is 127. The third-order valence-corrected chi connectivity index (χ3v) is 3.88. The van der Waals surface area contributed by atoms with Crippen molar-refractivity contribution >= 4 is 28.4 Å². The molecule has 5 heteroatoms. The van der Waals surface area contributed by atoms with Crippen molar-refractivity contribution in [2.45, 2.75) is 40.7 Å². The molecule has 1 heterocycles. The van der Waals surface area contributed by atoms with E-state index in [1.54, 1.807) is 0 Å². The van der Waals surface area contributed by atoms with Crippen molar-refractivity contribution in [3.63, 3.8) is 0 Å². The predicted octanol–water partition coefficient (Wildman–Crippen LogP) is 3.56. The van der Waals surface area contributed by atoms with Gasteiger partial charge in [0, 0.05) is 13.2 Å². The molecule has 1 aromatic rings. The first-order valence-electron chi connectivity index (χ1n) is 6.40. The Morgan fingerprint density at radius 3 is 2.44 bits per heavy atom. The Hall–Kier alpha value is -0.430. The number of ether oxygens (including phenoxy) is 1. The van der Waals surface area contributed by atoms with Gasteiger partial charge in [0.15, 0.2) is 5.82 Å². The van der Waals surface area contributed by atoms with Gasteiger partial charge in [-0.05, 0) is 49.3 Å². The maximum atomic E-state index is 5.76. The van der Waals surface area contributed by atoms with Crippen molar-refractivity contribution in [3.8, 4) is 0 Å². The monoisotopic (exact) mass is 363 g/mol. The molecule has 1 unspecified atom stereocenters. The summed E-state index contributed by atoms with van der Waals surface area (Å²) in [4.78, 5) is 9.18. The molecule has 0 amide bonds. The number of hydrogen-bond donors (Lipinski definition) is 1. The van der Waals surface area contributed by atoms with Gasteiger partial charge in [-0.15, -0.1) is 0 Å². The molecule has 0 aliphatic heterocycles. The first-order valence-corrected chi connectivity index (χ1v) is 7.48. The molecule has 1 aromatic heterocycles. The number of aromatic nitrogens is 2. The molecule has 0 aliphatic carbocycles. The Morgan fingerprint density at radius 1 is 1.28 bits per heavy atom. The lowest BCUT2D eigenvalue weighted by Gasteiger charge is -2.21. The van der Waals surface area contributed by atoms with Crippen molar-refractivity contribution in [2.24, 2.45) is 5.92 Å². The molecular weight excluding hydrogens is 341 g/mol. The molecule has 4 nitrogen and oxygen atoms in total. The van der Waals surface area contributed by atoms with Gasteiger partial charge in [-0.3, -0.25) is 0 Å². The molecule has 0 fully saturated rings. The van der Waals surface area contributed by atoms with Crippen molar-refractivity contribution < 1.29 is 4.74 Å². The van der Waals surface area contributed by atoms with E-state index in [1.165, 1.54) is 0 Å². The number of aryl methyl sites for hydroxylation is 1. The zero-order chi connectivity index (χ0) is 13.7. The summed E-state index contributed by atoms with van der Waals surface area (Å²) in [5.74, 6) is 2.05. The van der Waals surface area contributed by atoms with E-state index in [1.807, 2.05) is 13.8 Å². The van der Waals surface area contributed by atoms with E-state index in [9.17, 15) is 0 Å². The minimum Gasteiger partial charge on any atom is -0.370 e. The van der Waals surface area contributed by atoms with Crippen LogP contribution in [0, 0.1) is 16.4 Å².